The summed E-state index contributed by atoms with van der Waals surface area (Å²) in [6.45, 7) is 4.00. The highest BCUT2D eigenvalue weighted by molar-refractivity contribution is 7.89. The van der Waals surface area contributed by atoms with Crippen LogP contribution < -0.4 is 10.0 Å². The normalized spacial score (nSPS) is 15.8. The quantitative estimate of drug-likeness (QED) is 0.519. The minimum Gasteiger partial charge on any atom is -0.326 e. The van der Waals surface area contributed by atoms with Gasteiger partial charge in [-0.25, -0.2) is 25.9 Å². The van der Waals surface area contributed by atoms with Gasteiger partial charge in [0.05, 0.1) is 10.6 Å². The maximum Gasteiger partial charge on any atom is 0.243 e. The molecule has 0 aromatic heterocycles. The number of sulfonamides is 2. The Morgan fingerprint density at radius 1 is 1.03 bits per heavy atom. The van der Waals surface area contributed by atoms with E-state index in [2.05, 4.69) is 16.6 Å². The van der Waals surface area contributed by atoms with Crippen molar-refractivity contribution in [2.75, 3.05) is 25.0 Å². The van der Waals surface area contributed by atoms with Crippen LogP contribution in [0.5, 0.6) is 0 Å². The van der Waals surface area contributed by atoms with E-state index < -0.39 is 25.9 Å². The minimum absolute atomic E-state index is 0.0218. The van der Waals surface area contributed by atoms with Crippen LogP contribution in [0.1, 0.15) is 18.4 Å². The number of anilines is 1. The average molecular weight is 496 g/mol. The highest BCUT2D eigenvalue weighted by Gasteiger charge is 2.32. The smallest absolute Gasteiger partial charge is 0.243 e. The molecule has 3 rings (SSSR count). The summed E-state index contributed by atoms with van der Waals surface area (Å²) in [4.78, 5) is 12.6. The largest absolute Gasteiger partial charge is 0.326 e. The van der Waals surface area contributed by atoms with Gasteiger partial charge in [0, 0.05) is 31.2 Å². The summed E-state index contributed by atoms with van der Waals surface area (Å²) in [5.41, 5.74) is 1.10. The monoisotopic (exact) mass is 495 g/mol. The summed E-state index contributed by atoms with van der Waals surface area (Å²) in [6.07, 6.45) is 2.17. The van der Waals surface area contributed by atoms with E-state index in [0.29, 0.717) is 24.1 Å². The number of carbonyl (C=O) groups is 1. The maximum atomic E-state index is 13.1. The number of hydrogen-bond donors (Lipinski definition) is 2. The van der Waals surface area contributed by atoms with E-state index >= 15 is 0 Å². The molecule has 0 unspecified atom stereocenters. The van der Waals surface area contributed by atoms with Crippen molar-refractivity contribution in [1.82, 2.24) is 9.03 Å². The molecule has 1 fully saturated rings. The Morgan fingerprint density at radius 3 is 2.21 bits per heavy atom. The summed E-state index contributed by atoms with van der Waals surface area (Å²) < 4.78 is 66.1. The van der Waals surface area contributed by atoms with Crippen molar-refractivity contribution in [1.29, 1.82) is 0 Å². The van der Waals surface area contributed by atoms with Gasteiger partial charge in [-0.1, -0.05) is 18.2 Å². The first kappa shape index (κ1) is 25.0. The number of amides is 1. The predicted molar refractivity (Wildman–Crippen MR) is 124 cm³/mol. The van der Waals surface area contributed by atoms with Crippen LogP contribution in [-0.4, -0.2) is 46.7 Å². The molecule has 0 bridgehead atoms. The van der Waals surface area contributed by atoms with Crippen molar-refractivity contribution < 1.29 is 26.0 Å². The molecule has 33 heavy (non-hydrogen) atoms. The topological polar surface area (TPSA) is 113 Å². The number of rotatable bonds is 9. The second-order valence-electron chi connectivity index (χ2n) is 7.71. The molecule has 1 amide bonds. The second kappa shape index (κ2) is 10.6. The third kappa shape index (κ3) is 6.70. The Kier molecular flexibility index (Phi) is 8.01. The van der Waals surface area contributed by atoms with Crippen LogP contribution in [0.3, 0.4) is 0 Å². The van der Waals surface area contributed by atoms with Crippen molar-refractivity contribution in [2.24, 2.45) is 5.92 Å². The maximum absolute atomic E-state index is 13.1. The highest BCUT2D eigenvalue weighted by atomic mass is 32.2. The molecule has 0 spiro atoms. The van der Waals surface area contributed by atoms with Crippen LogP contribution in [0.15, 0.2) is 66.1 Å². The lowest BCUT2D eigenvalue weighted by molar-refractivity contribution is -0.120. The number of nitrogens with one attached hydrogen (secondary N) is 2. The van der Waals surface area contributed by atoms with Gasteiger partial charge < -0.3 is 5.32 Å². The molecular formula is C22H26FN3O5S2. The number of hydrogen-bond acceptors (Lipinski definition) is 5. The van der Waals surface area contributed by atoms with Crippen molar-refractivity contribution in [3.05, 3.63) is 72.6 Å². The van der Waals surface area contributed by atoms with Gasteiger partial charge in [-0.05, 0) is 54.8 Å². The summed E-state index contributed by atoms with van der Waals surface area (Å²) in [5, 5.41) is 2.80. The summed E-state index contributed by atoms with van der Waals surface area (Å²) >= 11 is 0. The fraction of sp³-hybridized carbons (Fsp3) is 0.318. The first-order chi connectivity index (χ1) is 15.6. The van der Waals surface area contributed by atoms with Gasteiger partial charge in [0.15, 0.2) is 0 Å². The highest BCUT2D eigenvalue weighted by Crippen LogP contribution is 2.25. The lowest BCUT2D eigenvalue weighted by atomic mass is 9.97. The zero-order valence-electron chi connectivity index (χ0n) is 17.9. The minimum atomic E-state index is -3.74. The van der Waals surface area contributed by atoms with Crippen LogP contribution in [0.2, 0.25) is 0 Å². The summed E-state index contributed by atoms with van der Waals surface area (Å²) in [5.74, 6) is -1.27. The van der Waals surface area contributed by atoms with Crippen molar-refractivity contribution in [3.8, 4) is 0 Å². The zero-order valence-corrected chi connectivity index (χ0v) is 19.5. The van der Waals surface area contributed by atoms with Crippen molar-refractivity contribution in [2.45, 2.75) is 23.5 Å². The number of carbonyl (C=O) groups excluding carboxylic acids is 1. The van der Waals surface area contributed by atoms with Crippen LogP contribution in [0, 0.1) is 11.7 Å². The Morgan fingerprint density at radius 2 is 1.64 bits per heavy atom. The number of piperidine rings is 1. The zero-order chi connectivity index (χ0) is 24.1. The Labute approximate surface area is 193 Å². The van der Waals surface area contributed by atoms with Crippen molar-refractivity contribution in [3.63, 3.8) is 0 Å². The van der Waals surface area contributed by atoms with E-state index in [9.17, 15) is 26.0 Å². The standard InChI is InChI=1S/C22H26FN3O5S2/c1-2-13-24-32(28,29)16-17-3-7-20(8-4-17)25-22(27)18-11-14-26(15-12-18)33(30,31)21-9-5-19(23)6-10-21/h2-10,18,24H,1,11-16H2,(H,25,27). The van der Waals surface area contributed by atoms with E-state index in [0.717, 1.165) is 12.1 Å². The van der Waals surface area contributed by atoms with E-state index in [4.69, 9.17) is 0 Å². The van der Waals surface area contributed by atoms with Gasteiger partial charge in [-0.15, -0.1) is 6.58 Å². The second-order valence-corrected chi connectivity index (χ2v) is 11.5. The van der Waals surface area contributed by atoms with Gasteiger partial charge in [0.2, 0.25) is 26.0 Å². The molecule has 0 aliphatic carbocycles. The molecule has 1 heterocycles. The molecule has 1 saturated heterocycles. The molecule has 0 saturated carbocycles. The van der Waals surface area contributed by atoms with Crippen molar-refractivity contribution >= 4 is 31.6 Å². The van der Waals surface area contributed by atoms with Crippen LogP contribution in [-0.2, 0) is 30.6 Å². The molecule has 1 aliphatic heterocycles. The van der Waals surface area contributed by atoms with Gasteiger partial charge in [0.1, 0.15) is 5.82 Å². The SMILES string of the molecule is C=CCNS(=O)(=O)Cc1ccc(NC(=O)C2CCN(S(=O)(=O)c3ccc(F)cc3)CC2)cc1. The van der Waals surface area contributed by atoms with Gasteiger partial charge in [0.25, 0.3) is 0 Å². The lowest BCUT2D eigenvalue weighted by Gasteiger charge is -2.30. The molecular weight excluding hydrogens is 469 g/mol. The van der Waals surface area contributed by atoms with Gasteiger partial charge in [-0.3, -0.25) is 4.79 Å². The van der Waals surface area contributed by atoms with E-state index in [1.807, 2.05) is 0 Å². The van der Waals surface area contributed by atoms with E-state index in [1.54, 1.807) is 24.3 Å². The fourth-order valence-corrected chi connectivity index (χ4v) is 6.07. The molecule has 2 N–H and O–H groups in total. The van der Waals surface area contributed by atoms with Gasteiger partial charge in [-0.2, -0.15) is 4.31 Å². The van der Waals surface area contributed by atoms with Crippen LogP contribution in [0.25, 0.3) is 0 Å². The molecule has 178 valence electrons. The number of halogens is 1. The fourth-order valence-electron chi connectivity index (χ4n) is 3.50. The molecule has 0 atom stereocenters. The Hall–Kier alpha value is -2.60. The first-order valence-electron chi connectivity index (χ1n) is 10.3. The molecule has 2 aromatic rings. The first-order valence-corrected chi connectivity index (χ1v) is 13.4. The third-order valence-electron chi connectivity index (χ3n) is 5.30. The van der Waals surface area contributed by atoms with Crippen LogP contribution in [0.4, 0.5) is 10.1 Å². The predicted octanol–water partition coefficient (Wildman–Crippen LogP) is 2.47. The Balaban J connectivity index is 1.54. The number of nitrogens with zero attached hydrogens (tertiary/aromatic N) is 1. The molecule has 8 nitrogen and oxygen atoms in total. The molecule has 2 aromatic carbocycles. The molecule has 1 aliphatic rings. The molecule has 11 heteroatoms. The van der Waals surface area contributed by atoms with E-state index in [-0.39, 0.29) is 42.1 Å². The van der Waals surface area contributed by atoms with E-state index in [1.165, 1.54) is 22.5 Å². The van der Waals surface area contributed by atoms with Gasteiger partial charge >= 0.3 is 0 Å². The summed E-state index contributed by atoms with van der Waals surface area (Å²) in [6, 6.07) is 11.2. The third-order valence-corrected chi connectivity index (χ3v) is 8.53. The summed E-state index contributed by atoms with van der Waals surface area (Å²) in [7, 11) is -7.21. The Bertz CT molecular complexity index is 1190. The average Bonchev–Trinajstić information content (AvgIpc) is 2.79. The molecule has 0 radical (unpaired) electrons. The lowest BCUT2D eigenvalue weighted by Crippen LogP contribution is -2.41. The number of benzene rings is 2. The van der Waals surface area contributed by atoms with Crippen LogP contribution >= 0.6 is 0 Å².